The van der Waals surface area contributed by atoms with Crippen molar-refractivity contribution in [1.29, 1.82) is 0 Å². The summed E-state index contributed by atoms with van der Waals surface area (Å²) in [7, 11) is 0. The molecule has 10 unspecified atom stereocenters. The van der Waals surface area contributed by atoms with E-state index >= 15 is 0 Å². The van der Waals surface area contributed by atoms with Crippen LogP contribution in [-0.2, 0) is 161 Å². The highest BCUT2D eigenvalue weighted by Gasteiger charge is 2.47. The Labute approximate surface area is 721 Å². The maximum atomic E-state index is 13.5. The Balaban J connectivity index is 1.27. The normalized spacial score (nSPS) is 19.3. The first kappa shape index (κ1) is 114. The standard InChI is InChI=1S/C78H145N5O40/c1-61(86)4-8-97-12-16-101-20-24-105-28-32-109-36-40-113-44-48-117-52-54-119-50-46-115-42-38-111-34-30-107-26-22-103-18-14-99-10-6-79-68(90)5-9-98-13-17-102-21-25-106-29-33-110-37-41-114-45-49-118-53-55-120-51-47-116-43-39-112-35-31-108-27-23-104-19-15-100-11-7-80-76(96)64(57-69(91)83-77-70(81-62(2)87)74(94)72(92)66(58-84)122-77)56-65(89)60-121-78-71(82-63(3)88)75(95)73(93)67(59-85)123-78/h64,66-67,70-75,77-78,84-85,92-95H,4-60H2,1-3H3,(H,79,90)(H,80,96)(H,81,87)(H,82,88)(H,83,91)/t64-,66?,67?,70?,71?,72?,73?,74?,75?,77?,78?/m0/s1. The van der Waals surface area contributed by atoms with Crippen molar-refractivity contribution < 1.29 is 192 Å². The second-order valence-corrected chi connectivity index (χ2v) is 27.0. The van der Waals surface area contributed by atoms with E-state index in [1.165, 1.54) is 6.92 Å². The monoisotopic (exact) mass is 1790 g/mol. The maximum Gasteiger partial charge on any atom is 0.224 e. The molecule has 0 aromatic carbocycles. The van der Waals surface area contributed by atoms with Crippen molar-refractivity contribution in [2.24, 2.45) is 5.92 Å². The molecule has 0 saturated carbocycles. The molecular formula is C78H145N5O40. The van der Waals surface area contributed by atoms with Crippen molar-refractivity contribution in [3.05, 3.63) is 0 Å². The van der Waals surface area contributed by atoms with Crippen LogP contribution in [0.5, 0.6) is 0 Å². The van der Waals surface area contributed by atoms with E-state index in [0.29, 0.717) is 297 Å². The molecule has 0 spiro atoms. The summed E-state index contributed by atoms with van der Waals surface area (Å²) in [5, 5.41) is 74.0. The van der Waals surface area contributed by atoms with Gasteiger partial charge in [-0.15, -0.1) is 0 Å². The molecule has 2 aliphatic heterocycles. The number of amides is 5. The number of rotatable bonds is 91. The van der Waals surface area contributed by atoms with Crippen LogP contribution in [-0.4, -0.2) is 483 Å². The van der Waals surface area contributed by atoms with Gasteiger partial charge in [-0.05, 0) is 6.92 Å². The highest BCUT2D eigenvalue weighted by Crippen LogP contribution is 2.24. The number of hydrogen-bond donors (Lipinski definition) is 11. The van der Waals surface area contributed by atoms with E-state index in [1.54, 1.807) is 0 Å². The van der Waals surface area contributed by atoms with Crippen LogP contribution in [0.4, 0.5) is 0 Å². The third kappa shape index (κ3) is 67.3. The summed E-state index contributed by atoms with van der Waals surface area (Å²) >= 11 is 0. The zero-order valence-corrected chi connectivity index (χ0v) is 72.2. The first-order chi connectivity index (χ1) is 60.0. The lowest BCUT2D eigenvalue weighted by Crippen LogP contribution is -2.68. The molecule has 0 aromatic heterocycles. The van der Waals surface area contributed by atoms with Gasteiger partial charge in [0.2, 0.25) is 29.5 Å². The molecule has 2 heterocycles. The number of ether oxygens (including phenoxy) is 27. The number of nitrogens with one attached hydrogen (secondary N) is 5. The predicted molar refractivity (Wildman–Crippen MR) is 428 cm³/mol. The summed E-state index contributed by atoms with van der Waals surface area (Å²) in [5.41, 5.74) is 0. The number of carbonyl (C=O) groups is 7. The summed E-state index contributed by atoms with van der Waals surface area (Å²) in [5.74, 6) is -5.06. The molecular weight excluding hydrogens is 1650 g/mol. The van der Waals surface area contributed by atoms with E-state index < -0.39 is 129 Å². The van der Waals surface area contributed by atoms with Gasteiger partial charge in [0.25, 0.3) is 0 Å². The SMILES string of the molecule is CC(=O)CCOCCOCCOCCOCCOCCOCCOCCOCCOCCOCCOCCOCCNC(=O)CCOCCOCCOCCOCCOCCOCCOCCOCCOCCOCCOCCOCCNC(=O)[C@@H](CC(=O)COC1OC(CO)C(O)C(O)C1NC(C)=O)CC(=O)NC1OC(CO)C(O)C(O)C1NC(C)=O. The molecule has 5 amide bonds. The lowest BCUT2D eigenvalue weighted by Gasteiger charge is -2.42. The number of Topliss-reactive ketones (excluding diaryl/α,β-unsaturated/α-hetero) is 2. The minimum atomic E-state index is -1.69. The summed E-state index contributed by atoms with van der Waals surface area (Å²) in [6.07, 6.45) is -12.9. The van der Waals surface area contributed by atoms with Gasteiger partial charge in [0, 0.05) is 52.6 Å². The highest BCUT2D eigenvalue weighted by molar-refractivity contribution is 5.91. The van der Waals surface area contributed by atoms with Crippen LogP contribution in [0, 0.1) is 5.92 Å². The van der Waals surface area contributed by atoms with Crippen molar-refractivity contribution in [2.45, 2.75) is 108 Å². The molecule has 0 aliphatic carbocycles. The molecule has 2 fully saturated rings. The van der Waals surface area contributed by atoms with Gasteiger partial charge < -0.3 is 185 Å². The Bertz CT molecular complexity index is 2520. The van der Waals surface area contributed by atoms with Gasteiger partial charge >= 0.3 is 0 Å². The Morgan fingerprint density at radius 2 is 0.553 bits per heavy atom. The quantitative estimate of drug-likeness (QED) is 0.0253. The van der Waals surface area contributed by atoms with Crippen molar-refractivity contribution >= 4 is 41.1 Å². The Morgan fingerprint density at radius 1 is 0.293 bits per heavy atom. The Hall–Kier alpha value is -4.63. The number of aliphatic hydroxyl groups excluding tert-OH is 6. The molecule has 123 heavy (non-hydrogen) atoms. The summed E-state index contributed by atoms with van der Waals surface area (Å²) in [6, 6.07) is -2.74. The molecule has 2 aliphatic rings. The smallest absolute Gasteiger partial charge is 0.224 e. The fourth-order valence-electron chi connectivity index (χ4n) is 10.6. The van der Waals surface area contributed by atoms with Gasteiger partial charge in [0.05, 0.1) is 336 Å². The lowest BCUT2D eigenvalue weighted by molar-refractivity contribution is -0.268. The number of ketones is 2. The third-order valence-corrected chi connectivity index (χ3v) is 16.9. The van der Waals surface area contributed by atoms with Gasteiger partial charge in [-0.1, -0.05) is 0 Å². The molecule has 0 radical (unpaired) electrons. The molecule has 11 N–H and O–H groups in total. The molecule has 722 valence electrons. The predicted octanol–water partition coefficient (Wildman–Crippen LogP) is -6.03. The van der Waals surface area contributed by atoms with E-state index in [1.807, 2.05) is 0 Å². The molecule has 0 bridgehead atoms. The molecule has 2 rings (SSSR count). The van der Waals surface area contributed by atoms with Crippen LogP contribution in [0.25, 0.3) is 0 Å². The number of aliphatic hydroxyl groups is 6. The molecule has 45 heteroatoms. The average molecular weight is 1790 g/mol. The molecule has 45 nitrogen and oxygen atoms in total. The van der Waals surface area contributed by atoms with Gasteiger partial charge in [0.15, 0.2) is 18.3 Å². The number of carbonyl (C=O) groups excluding carboxylic acids is 7. The molecule has 0 aromatic rings. The first-order valence-corrected chi connectivity index (χ1v) is 42.1. The van der Waals surface area contributed by atoms with E-state index in [4.69, 9.17) is 128 Å². The zero-order valence-electron chi connectivity index (χ0n) is 72.2. The van der Waals surface area contributed by atoms with E-state index in [2.05, 4.69) is 26.6 Å². The zero-order chi connectivity index (χ0) is 89.3. The van der Waals surface area contributed by atoms with Gasteiger partial charge in [-0.2, -0.15) is 0 Å². The van der Waals surface area contributed by atoms with Crippen LogP contribution >= 0.6 is 0 Å². The summed E-state index contributed by atoms with van der Waals surface area (Å²) in [6.45, 7) is 20.9. The average Bonchev–Trinajstić information content (AvgIpc) is 0.788. The highest BCUT2D eigenvalue weighted by atomic mass is 16.7. The van der Waals surface area contributed by atoms with E-state index in [0.717, 1.165) is 13.8 Å². The topological polar surface area (TPSA) is 550 Å². The van der Waals surface area contributed by atoms with Crippen LogP contribution < -0.4 is 26.6 Å². The summed E-state index contributed by atoms with van der Waals surface area (Å²) in [4.78, 5) is 87.1. The molecule has 11 atom stereocenters. The van der Waals surface area contributed by atoms with Crippen LogP contribution in [0.3, 0.4) is 0 Å². The van der Waals surface area contributed by atoms with Crippen molar-refractivity contribution in [2.75, 3.05) is 350 Å². The van der Waals surface area contributed by atoms with Gasteiger partial charge in [-0.3, -0.25) is 33.6 Å². The Morgan fingerprint density at radius 3 is 0.846 bits per heavy atom. The lowest BCUT2D eigenvalue weighted by atomic mass is 9.94. The first-order valence-electron chi connectivity index (χ1n) is 42.1. The van der Waals surface area contributed by atoms with Crippen molar-refractivity contribution in [3.63, 3.8) is 0 Å². The van der Waals surface area contributed by atoms with Crippen molar-refractivity contribution in [1.82, 2.24) is 26.6 Å². The van der Waals surface area contributed by atoms with E-state index in [-0.39, 0.29) is 57.7 Å². The van der Waals surface area contributed by atoms with E-state index in [9.17, 15) is 64.2 Å². The number of hydrogen-bond acceptors (Lipinski definition) is 40. The second kappa shape index (κ2) is 83.0. The molecule has 2 saturated heterocycles. The van der Waals surface area contributed by atoms with Crippen LogP contribution in [0.2, 0.25) is 0 Å². The van der Waals surface area contributed by atoms with Crippen LogP contribution in [0.1, 0.15) is 46.5 Å². The maximum absolute atomic E-state index is 13.5. The fraction of sp³-hybridized carbons (Fsp3) is 0.910. The van der Waals surface area contributed by atoms with Crippen LogP contribution in [0.15, 0.2) is 0 Å². The Kier molecular flexibility index (Phi) is 77.2. The van der Waals surface area contributed by atoms with Gasteiger partial charge in [-0.25, -0.2) is 0 Å². The second-order valence-electron chi connectivity index (χ2n) is 27.0. The minimum Gasteiger partial charge on any atom is -0.394 e. The fourth-order valence-corrected chi connectivity index (χ4v) is 10.6. The third-order valence-electron chi connectivity index (χ3n) is 16.9. The largest absolute Gasteiger partial charge is 0.394 e. The van der Waals surface area contributed by atoms with Crippen molar-refractivity contribution in [3.8, 4) is 0 Å². The summed E-state index contributed by atoms with van der Waals surface area (Å²) < 4.78 is 149. The van der Waals surface area contributed by atoms with Gasteiger partial charge in [0.1, 0.15) is 61.1 Å². The minimum absolute atomic E-state index is 0.00736.